The van der Waals surface area contributed by atoms with Crippen molar-refractivity contribution in [1.82, 2.24) is 0 Å². The van der Waals surface area contributed by atoms with Crippen LogP contribution < -0.4 is 9.47 Å². The lowest BCUT2D eigenvalue weighted by Crippen LogP contribution is -2.05. The van der Waals surface area contributed by atoms with Crippen LogP contribution in [0.4, 0.5) is 4.79 Å². The molecule has 0 aliphatic rings. The first-order chi connectivity index (χ1) is 8.47. The molecule has 0 aromatic heterocycles. The van der Waals surface area contributed by atoms with Gasteiger partial charge >= 0.3 is 6.16 Å². The highest BCUT2D eigenvalue weighted by molar-refractivity contribution is 5.65. The van der Waals surface area contributed by atoms with Gasteiger partial charge < -0.3 is 19.7 Å². The summed E-state index contributed by atoms with van der Waals surface area (Å²) in [7, 11) is 0. The van der Waals surface area contributed by atoms with Crippen LogP contribution in [0, 0.1) is 13.8 Å². The van der Waals surface area contributed by atoms with Gasteiger partial charge in [0.25, 0.3) is 0 Å². The average Bonchev–Trinajstić information content (AvgIpc) is 2.31. The molecule has 1 rings (SSSR count). The molecule has 18 heavy (non-hydrogen) atoms. The summed E-state index contributed by atoms with van der Waals surface area (Å²) < 4.78 is 10.1. The van der Waals surface area contributed by atoms with Gasteiger partial charge in [-0.05, 0) is 25.8 Å². The second-order valence-corrected chi connectivity index (χ2v) is 4.04. The van der Waals surface area contributed by atoms with Crippen molar-refractivity contribution in [1.29, 1.82) is 0 Å². The van der Waals surface area contributed by atoms with Crippen molar-refractivity contribution >= 4 is 6.16 Å². The molecule has 0 aliphatic carbocycles. The van der Waals surface area contributed by atoms with Crippen molar-refractivity contribution in [3.05, 3.63) is 17.2 Å². The molecule has 2 N–H and O–H groups in total. The van der Waals surface area contributed by atoms with Crippen LogP contribution in [0.15, 0.2) is 6.07 Å². The van der Waals surface area contributed by atoms with Crippen molar-refractivity contribution in [2.75, 3.05) is 6.61 Å². The molecule has 1 aromatic carbocycles. The molecular formula is C13H18O5. The predicted molar refractivity (Wildman–Crippen MR) is 66.6 cm³/mol. The Labute approximate surface area is 106 Å². The third-order valence-corrected chi connectivity index (χ3v) is 2.74. The van der Waals surface area contributed by atoms with Crippen LogP contribution >= 0.6 is 0 Å². The topological polar surface area (TPSA) is 76.0 Å². The Kier molecular flexibility index (Phi) is 4.83. The molecule has 0 saturated carbocycles. The molecule has 0 radical (unpaired) electrons. The summed E-state index contributed by atoms with van der Waals surface area (Å²) in [6.07, 6.45) is 0.455. The van der Waals surface area contributed by atoms with Crippen LogP contribution in [0.5, 0.6) is 17.2 Å². The Morgan fingerprint density at radius 3 is 2.50 bits per heavy atom. The number of benzene rings is 1. The number of aromatic hydroxyl groups is 1. The van der Waals surface area contributed by atoms with Crippen molar-refractivity contribution in [2.45, 2.75) is 33.6 Å². The molecule has 100 valence electrons. The van der Waals surface area contributed by atoms with E-state index in [9.17, 15) is 9.90 Å². The predicted octanol–water partition coefficient (Wildman–Crippen LogP) is 3.24. The summed E-state index contributed by atoms with van der Waals surface area (Å²) >= 11 is 0. The Bertz CT molecular complexity index is 439. The molecule has 0 aliphatic heterocycles. The lowest BCUT2D eigenvalue weighted by Gasteiger charge is -2.14. The molecule has 0 fully saturated rings. The Balaban J connectivity index is 3.02. The van der Waals surface area contributed by atoms with Gasteiger partial charge in [-0.15, -0.1) is 0 Å². The summed E-state index contributed by atoms with van der Waals surface area (Å²) in [6, 6.07) is 1.40. The van der Waals surface area contributed by atoms with Crippen LogP contribution in [0.1, 0.15) is 30.9 Å². The van der Waals surface area contributed by atoms with E-state index in [1.54, 1.807) is 13.8 Å². The van der Waals surface area contributed by atoms with Crippen LogP contribution in [0.2, 0.25) is 0 Å². The van der Waals surface area contributed by atoms with E-state index in [4.69, 9.17) is 9.84 Å². The molecule has 0 atom stereocenters. The molecule has 0 bridgehead atoms. The van der Waals surface area contributed by atoms with Gasteiger partial charge in [-0.2, -0.15) is 0 Å². The standard InChI is InChI=1S/C13H18O5/c1-4-5-6-17-10-7-11(18-13(15)16)12(14)9(3)8(10)2/h7,14H,4-6H2,1-3H3,(H,15,16). The molecule has 5 heteroatoms. The van der Waals surface area contributed by atoms with Crippen LogP contribution in [0.3, 0.4) is 0 Å². The minimum atomic E-state index is -1.46. The van der Waals surface area contributed by atoms with E-state index in [2.05, 4.69) is 11.7 Å². The zero-order valence-corrected chi connectivity index (χ0v) is 10.8. The molecule has 0 spiro atoms. The first-order valence-electron chi connectivity index (χ1n) is 5.84. The van der Waals surface area contributed by atoms with E-state index in [-0.39, 0.29) is 11.5 Å². The second-order valence-electron chi connectivity index (χ2n) is 4.04. The molecular weight excluding hydrogens is 236 g/mol. The molecule has 0 unspecified atom stereocenters. The van der Waals surface area contributed by atoms with Gasteiger partial charge in [-0.1, -0.05) is 13.3 Å². The van der Waals surface area contributed by atoms with Gasteiger partial charge in [0, 0.05) is 11.6 Å². The van der Waals surface area contributed by atoms with Crippen LogP contribution in [0.25, 0.3) is 0 Å². The number of ether oxygens (including phenoxy) is 2. The number of rotatable bonds is 5. The molecule has 0 heterocycles. The molecule has 0 amide bonds. The number of unbranched alkanes of at least 4 members (excludes halogenated alkanes) is 1. The van der Waals surface area contributed by atoms with E-state index < -0.39 is 6.16 Å². The lowest BCUT2D eigenvalue weighted by atomic mass is 10.1. The number of phenols is 1. The van der Waals surface area contributed by atoms with Crippen molar-refractivity contribution in [3.63, 3.8) is 0 Å². The largest absolute Gasteiger partial charge is 0.511 e. The zero-order chi connectivity index (χ0) is 13.7. The zero-order valence-electron chi connectivity index (χ0n) is 10.8. The van der Waals surface area contributed by atoms with E-state index in [1.165, 1.54) is 6.07 Å². The normalized spacial score (nSPS) is 10.2. The quantitative estimate of drug-likeness (QED) is 0.479. The third-order valence-electron chi connectivity index (χ3n) is 2.74. The third kappa shape index (κ3) is 3.29. The number of carbonyl (C=O) groups is 1. The Morgan fingerprint density at radius 1 is 1.28 bits per heavy atom. The summed E-state index contributed by atoms with van der Waals surface area (Å²) in [5.74, 6) is 0.268. The Hall–Kier alpha value is -1.91. The maximum Gasteiger partial charge on any atom is 0.511 e. The Morgan fingerprint density at radius 2 is 1.94 bits per heavy atom. The van der Waals surface area contributed by atoms with E-state index in [1.807, 2.05) is 0 Å². The van der Waals surface area contributed by atoms with Gasteiger partial charge in [0.15, 0.2) is 11.5 Å². The highest BCUT2D eigenvalue weighted by atomic mass is 16.7. The SMILES string of the molecule is CCCCOc1cc(OC(=O)O)c(O)c(C)c1C. The molecule has 1 aromatic rings. The highest BCUT2D eigenvalue weighted by Gasteiger charge is 2.16. The smallest absolute Gasteiger partial charge is 0.504 e. The van der Waals surface area contributed by atoms with E-state index in [0.29, 0.717) is 17.9 Å². The first-order valence-corrected chi connectivity index (χ1v) is 5.84. The molecule has 5 nitrogen and oxygen atoms in total. The van der Waals surface area contributed by atoms with Crippen molar-refractivity contribution in [2.24, 2.45) is 0 Å². The van der Waals surface area contributed by atoms with Gasteiger partial charge in [-0.25, -0.2) is 4.79 Å². The summed E-state index contributed by atoms with van der Waals surface area (Å²) in [5.41, 5.74) is 1.33. The van der Waals surface area contributed by atoms with E-state index >= 15 is 0 Å². The lowest BCUT2D eigenvalue weighted by molar-refractivity contribution is 0.142. The summed E-state index contributed by atoms with van der Waals surface area (Å²) in [4.78, 5) is 10.5. The molecule has 0 saturated heterocycles. The average molecular weight is 254 g/mol. The van der Waals surface area contributed by atoms with E-state index in [0.717, 1.165) is 18.4 Å². The minimum absolute atomic E-state index is 0.0999. The summed E-state index contributed by atoms with van der Waals surface area (Å²) in [6.45, 7) is 6.10. The fourth-order valence-corrected chi connectivity index (χ4v) is 1.49. The minimum Gasteiger partial charge on any atom is -0.504 e. The van der Waals surface area contributed by atoms with Crippen molar-refractivity contribution < 1.29 is 24.5 Å². The van der Waals surface area contributed by atoms with Gasteiger partial charge in [0.1, 0.15) is 5.75 Å². The van der Waals surface area contributed by atoms with Crippen LogP contribution in [-0.4, -0.2) is 23.0 Å². The monoisotopic (exact) mass is 254 g/mol. The maximum atomic E-state index is 10.5. The summed E-state index contributed by atoms with van der Waals surface area (Å²) in [5, 5.41) is 18.4. The van der Waals surface area contributed by atoms with Gasteiger partial charge in [0.2, 0.25) is 0 Å². The van der Waals surface area contributed by atoms with Crippen LogP contribution in [-0.2, 0) is 0 Å². The maximum absolute atomic E-state index is 10.5. The number of hydrogen-bond donors (Lipinski definition) is 2. The fraction of sp³-hybridized carbons (Fsp3) is 0.462. The van der Waals surface area contributed by atoms with Crippen molar-refractivity contribution in [3.8, 4) is 17.2 Å². The first kappa shape index (κ1) is 14.2. The van der Waals surface area contributed by atoms with Gasteiger partial charge in [0.05, 0.1) is 6.61 Å². The number of carboxylic acid groups (broad SMARTS) is 1. The highest BCUT2D eigenvalue weighted by Crippen LogP contribution is 2.38. The van der Waals surface area contributed by atoms with Gasteiger partial charge in [-0.3, -0.25) is 0 Å². The second kappa shape index (κ2) is 6.14. The number of hydrogen-bond acceptors (Lipinski definition) is 4. The fourth-order valence-electron chi connectivity index (χ4n) is 1.49. The number of phenolic OH excluding ortho intramolecular Hbond substituents is 1.